The van der Waals surface area contributed by atoms with Gasteiger partial charge in [0.25, 0.3) is 0 Å². The van der Waals surface area contributed by atoms with E-state index in [9.17, 15) is 0 Å². The largest absolute Gasteiger partial charge is 0.456 e. The van der Waals surface area contributed by atoms with Gasteiger partial charge in [-0.25, -0.2) is 0 Å². The van der Waals surface area contributed by atoms with Crippen LogP contribution in [0.4, 0.5) is 28.4 Å². The second-order valence-corrected chi connectivity index (χ2v) is 14.4. The second-order valence-electron chi connectivity index (χ2n) is 14.4. The topological polar surface area (TPSA) is 32.8 Å². The van der Waals surface area contributed by atoms with Crippen LogP contribution in [0.1, 0.15) is 29.4 Å². The standard InChI is InChI=1S/C49H38N2O2/c1-31-14-10-12-20-43(31)50(36-16-6-4-7-17-36)38-22-23-39-41-25-34-28-47-42(26-35(34)27-46(41)52-48(39)29-38)40-24-33(3)45(30-49(40)53-47)51(37-18-8-5-9-19-37)44-21-13-11-15-32(44)2/h4-23,25-30,33H,24H2,1-3H3. The highest BCUT2D eigenvalue weighted by atomic mass is 16.3. The fraction of sp³-hybridized carbons (Fsp3) is 0.102. The number of anilines is 5. The van der Waals surface area contributed by atoms with Gasteiger partial charge >= 0.3 is 0 Å². The third kappa shape index (κ3) is 5.21. The molecule has 7 aromatic carbocycles. The van der Waals surface area contributed by atoms with Crippen molar-refractivity contribution in [3.8, 4) is 0 Å². The third-order valence-electron chi connectivity index (χ3n) is 10.9. The van der Waals surface area contributed by atoms with Crippen LogP contribution in [-0.2, 0) is 6.42 Å². The van der Waals surface area contributed by atoms with Gasteiger partial charge in [0.2, 0.25) is 0 Å². The van der Waals surface area contributed by atoms with Crippen molar-refractivity contribution in [2.75, 3.05) is 9.80 Å². The van der Waals surface area contributed by atoms with E-state index in [0.717, 1.165) is 73.2 Å². The van der Waals surface area contributed by atoms with Crippen LogP contribution >= 0.6 is 0 Å². The monoisotopic (exact) mass is 686 g/mol. The summed E-state index contributed by atoms with van der Waals surface area (Å²) < 4.78 is 13.4. The van der Waals surface area contributed by atoms with Gasteiger partial charge in [0, 0.05) is 73.9 Å². The van der Waals surface area contributed by atoms with Crippen LogP contribution in [0.5, 0.6) is 0 Å². The molecule has 1 aliphatic carbocycles. The zero-order chi connectivity index (χ0) is 35.6. The van der Waals surface area contributed by atoms with Crippen molar-refractivity contribution in [1.29, 1.82) is 0 Å². The maximum absolute atomic E-state index is 6.71. The molecular weight excluding hydrogens is 649 g/mol. The molecule has 53 heavy (non-hydrogen) atoms. The summed E-state index contributed by atoms with van der Waals surface area (Å²) in [4.78, 5) is 4.70. The van der Waals surface area contributed by atoms with Crippen LogP contribution in [0, 0.1) is 19.8 Å². The highest BCUT2D eigenvalue weighted by Gasteiger charge is 2.29. The minimum absolute atomic E-state index is 0.279. The van der Waals surface area contributed by atoms with Gasteiger partial charge in [-0.2, -0.15) is 0 Å². The van der Waals surface area contributed by atoms with Gasteiger partial charge in [-0.1, -0.05) is 79.7 Å². The van der Waals surface area contributed by atoms with E-state index in [1.807, 2.05) is 0 Å². The van der Waals surface area contributed by atoms with Gasteiger partial charge < -0.3 is 18.6 Å². The molecule has 4 heteroatoms. The minimum atomic E-state index is 0.279. The van der Waals surface area contributed by atoms with E-state index in [1.54, 1.807) is 0 Å². The highest BCUT2D eigenvalue weighted by Crippen LogP contribution is 2.44. The summed E-state index contributed by atoms with van der Waals surface area (Å²) in [6.07, 6.45) is 3.16. The van der Waals surface area contributed by atoms with Crippen molar-refractivity contribution in [3.63, 3.8) is 0 Å². The quantitative estimate of drug-likeness (QED) is 0.174. The summed E-state index contributed by atoms with van der Waals surface area (Å²) in [6, 6.07) is 53.8. The lowest BCUT2D eigenvalue weighted by Gasteiger charge is -2.34. The Labute approximate surface area is 308 Å². The number of furan rings is 2. The number of nitrogens with zero attached hydrogens (tertiary/aromatic N) is 2. The van der Waals surface area contributed by atoms with Gasteiger partial charge in [0.1, 0.15) is 22.5 Å². The number of hydrogen-bond donors (Lipinski definition) is 0. The molecule has 1 atom stereocenters. The summed E-state index contributed by atoms with van der Waals surface area (Å²) in [7, 11) is 0. The predicted octanol–water partition coefficient (Wildman–Crippen LogP) is 13.9. The molecule has 0 spiro atoms. The van der Waals surface area contributed by atoms with Crippen molar-refractivity contribution in [1.82, 2.24) is 0 Å². The number of para-hydroxylation sites is 4. The molecule has 256 valence electrons. The van der Waals surface area contributed by atoms with E-state index >= 15 is 0 Å². The normalized spacial score (nSPS) is 14.2. The van der Waals surface area contributed by atoms with Gasteiger partial charge in [0.15, 0.2) is 0 Å². The Balaban J connectivity index is 1.08. The molecule has 0 amide bonds. The van der Waals surface area contributed by atoms with E-state index < -0.39 is 0 Å². The minimum Gasteiger partial charge on any atom is -0.456 e. The molecule has 1 aliphatic rings. The van der Waals surface area contributed by atoms with Crippen LogP contribution in [0.2, 0.25) is 0 Å². The molecule has 9 aromatic rings. The average Bonchev–Trinajstić information content (AvgIpc) is 3.71. The molecule has 0 saturated carbocycles. The molecule has 2 heterocycles. The van der Waals surface area contributed by atoms with Gasteiger partial charge in [-0.15, -0.1) is 0 Å². The number of aryl methyl sites for hydroxylation is 2. The Kier molecular flexibility index (Phi) is 7.26. The summed E-state index contributed by atoms with van der Waals surface area (Å²) in [5.74, 6) is 1.22. The Morgan fingerprint density at radius 3 is 1.70 bits per heavy atom. The van der Waals surface area contributed by atoms with Gasteiger partial charge in [-0.05, 0) is 115 Å². The van der Waals surface area contributed by atoms with Crippen LogP contribution < -0.4 is 9.80 Å². The van der Waals surface area contributed by atoms with Gasteiger partial charge in [-0.3, -0.25) is 0 Å². The first-order chi connectivity index (χ1) is 26.0. The smallest absolute Gasteiger partial charge is 0.137 e. The van der Waals surface area contributed by atoms with Crippen molar-refractivity contribution in [2.24, 2.45) is 5.92 Å². The number of benzene rings is 7. The molecule has 0 fully saturated rings. The van der Waals surface area contributed by atoms with Gasteiger partial charge in [0.05, 0.1) is 0 Å². The number of allylic oxidation sites excluding steroid dienone is 1. The highest BCUT2D eigenvalue weighted by molar-refractivity contribution is 6.12. The average molecular weight is 687 g/mol. The van der Waals surface area contributed by atoms with E-state index in [2.05, 4.69) is 188 Å². The molecule has 0 bridgehead atoms. The van der Waals surface area contributed by atoms with Crippen molar-refractivity contribution >= 4 is 78.2 Å². The zero-order valence-electron chi connectivity index (χ0n) is 30.0. The lowest BCUT2D eigenvalue weighted by molar-refractivity contribution is 0.573. The first-order valence-corrected chi connectivity index (χ1v) is 18.4. The first-order valence-electron chi connectivity index (χ1n) is 18.4. The van der Waals surface area contributed by atoms with E-state index in [1.165, 1.54) is 33.5 Å². The summed E-state index contributed by atoms with van der Waals surface area (Å²) >= 11 is 0. The molecule has 0 radical (unpaired) electrons. The number of fused-ring (bicyclic) bond motifs is 7. The molecule has 0 saturated heterocycles. The van der Waals surface area contributed by atoms with E-state index in [0.29, 0.717) is 0 Å². The van der Waals surface area contributed by atoms with Crippen LogP contribution in [-0.4, -0.2) is 0 Å². The summed E-state index contributed by atoms with van der Waals surface area (Å²) in [6.45, 7) is 6.67. The molecular formula is C49H38N2O2. The summed E-state index contributed by atoms with van der Waals surface area (Å²) in [5, 5.41) is 5.65. The maximum atomic E-state index is 6.71. The molecule has 4 nitrogen and oxygen atoms in total. The molecule has 2 aromatic heterocycles. The molecule has 0 N–H and O–H groups in total. The van der Waals surface area contributed by atoms with Crippen molar-refractivity contribution in [3.05, 3.63) is 180 Å². The summed E-state index contributed by atoms with van der Waals surface area (Å²) in [5.41, 5.74) is 13.3. The van der Waals surface area contributed by atoms with E-state index in [4.69, 9.17) is 8.83 Å². The molecule has 10 rings (SSSR count). The van der Waals surface area contributed by atoms with Crippen molar-refractivity contribution < 1.29 is 8.83 Å². The Morgan fingerprint density at radius 1 is 0.491 bits per heavy atom. The Bertz CT molecular complexity index is 2860. The Morgan fingerprint density at radius 2 is 1.04 bits per heavy atom. The van der Waals surface area contributed by atoms with Crippen LogP contribution in [0.3, 0.4) is 0 Å². The van der Waals surface area contributed by atoms with Crippen LogP contribution in [0.15, 0.2) is 166 Å². The lowest BCUT2D eigenvalue weighted by Crippen LogP contribution is -2.25. The number of hydrogen-bond acceptors (Lipinski definition) is 4. The number of rotatable bonds is 6. The van der Waals surface area contributed by atoms with Crippen molar-refractivity contribution in [2.45, 2.75) is 27.2 Å². The zero-order valence-corrected chi connectivity index (χ0v) is 30.0. The molecule has 0 aliphatic heterocycles. The fourth-order valence-electron chi connectivity index (χ4n) is 8.25. The first kappa shape index (κ1) is 31.2. The van der Waals surface area contributed by atoms with E-state index in [-0.39, 0.29) is 5.92 Å². The lowest BCUT2D eigenvalue weighted by atomic mass is 9.88. The predicted molar refractivity (Wildman–Crippen MR) is 221 cm³/mol. The Hall–Kier alpha value is -6.52. The third-order valence-corrected chi connectivity index (χ3v) is 10.9. The fourth-order valence-corrected chi connectivity index (χ4v) is 8.25. The SMILES string of the molecule is Cc1ccccc1N(C1=Cc2oc3cc4cc5c(cc4cc3c2CC1C)oc1cc(N(c2ccccc2)c2ccccc2C)ccc15)c1ccccc1. The maximum Gasteiger partial charge on any atom is 0.137 e. The molecule has 1 unspecified atom stereocenters. The van der Waals surface area contributed by atoms with Crippen LogP contribution in [0.25, 0.3) is 49.8 Å². The second kappa shape index (κ2) is 12.3.